The van der Waals surface area contributed by atoms with Crippen LogP contribution in [-0.4, -0.2) is 36.3 Å². The molecule has 160 valence electrons. The van der Waals surface area contributed by atoms with Gasteiger partial charge in [-0.1, -0.05) is 35.9 Å². The fourth-order valence-electron chi connectivity index (χ4n) is 3.45. The first-order chi connectivity index (χ1) is 14.2. The van der Waals surface area contributed by atoms with Gasteiger partial charge in [-0.2, -0.15) is 13.2 Å². The minimum Gasteiger partial charge on any atom is -0.326 e. The van der Waals surface area contributed by atoms with E-state index in [1.165, 1.54) is 12.1 Å². The van der Waals surface area contributed by atoms with E-state index in [1.807, 2.05) is 18.2 Å². The Labute approximate surface area is 177 Å². The molecule has 1 heterocycles. The second kappa shape index (κ2) is 9.49. The highest BCUT2D eigenvalue weighted by molar-refractivity contribution is 6.34. The molecule has 0 aliphatic carbocycles. The van der Waals surface area contributed by atoms with Crippen molar-refractivity contribution < 1.29 is 22.8 Å². The lowest BCUT2D eigenvalue weighted by Crippen LogP contribution is -2.44. The molecule has 2 aromatic carbocycles. The van der Waals surface area contributed by atoms with Crippen molar-refractivity contribution in [2.75, 3.05) is 30.3 Å². The Hall–Kier alpha value is -2.58. The zero-order valence-electron chi connectivity index (χ0n) is 16.0. The van der Waals surface area contributed by atoms with Crippen molar-refractivity contribution in [2.45, 2.75) is 19.0 Å². The molecule has 0 saturated carbocycles. The van der Waals surface area contributed by atoms with Gasteiger partial charge in [0.05, 0.1) is 28.7 Å². The molecule has 1 aliphatic heterocycles. The summed E-state index contributed by atoms with van der Waals surface area (Å²) in [5, 5.41) is 4.95. The van der Waals surface area contributed by atoms with Crippen LogP contribution < -0.4 is 10.6 Å². The lowest BCUT2D eigenvalue weighted by atomic mass is 9.97. The minimum atomic E-state index is -4.64. The van der Waals surface area contributed by atoms with Crippen LogP contribution >= 0.6 is 11.6 Å². The van der Waals surface area contributed by atoms with Crippen LogP contribution in [-0.2, 0) is 15.8 Å². The summed E-state index contributed by atoms with van der Waals surface area (Å²) in [5.74, 6) is -1.06. The molecule has 2 amide bonds. The van der Waals surface area contributed by atoms with Crippen molar-refractivity contribution in [3.63, 3.8) is 0 Å². The van der Waals surface area contributed by atoms with Gasteiger partial charge in [0.15, 0.2) is 0 Å². The van der Waals surface area contributed by atoms with Crippen LogP contribution in [0, 0.1) is 5.92 Å². The first-order valence-corrected chi connectivity index (χ1v) is 9.85. The maximum Gasteiger partial charge on any atom is 0.418 e. The second-order valence-electron chi connectivity index (χ2n) is 7.14. The molecule has 0 radical (unpaired) electrons. The number of carbonyl (C=O) groups excluding carboxylic acids is 2. The first-order valence-electron chi connectivity index (χ1n) is 9.48. The van der Waals surface area contributed by atoms with E-state index in [9.17, 15) is 22.8 Å². The monoisotopic (exact) mass is 439 g/mol. The highest BCUT2D eigenvalue weighted by Crippen LogP contribution is 2.38. The summed E-state index contributed by atoms with van der Waals surface area (Å²) < 4.78 is 39.6. The van der Waals surface area contributed by atoms with Crippen molar-refractivity contribution >= 4 is 34.8 Å². The number of likely N-dealkylation sites (tertiary alicyclic amines) is 1. The Morgan fingerprint density at radius 1 is 1.07 bits per heavy atom. The summed E-state index contributed by atoms with van der Waals surface area (Å²) in [7, 11) is 0. The summed E-state index contributed by atoms with van der Waals surface area (Å²) in [5.41, 5.74) is -0.759. The Kier molecular flexibility index (Phi) is 6.99. The third-order valence-corrected chi connectivity index (χ3v) is 5.18. The van der Waals surface area contributed by atoms with Crippen molar-refractivity contribution in [1.29, 1.82) is 0 Å². The number of piperidine rings is 1. The number of nitrogens with zero attached hydrogens (tertiary/aromatic N) is 1. The predicted octanol–water partition coefficient (Wildman–Crippen LogP) is 4.65. The molecule has 3 rings (SSSR count). The molecule has 0 aromatic heterocycles. The molecule has 2 N–H and O–H groups in total. The van der Waals surface area contributed by atoms with Crippen LogP contribution in [0.5, 0.6) is 0 Å². The predicted molar refractivity (Wildman–Crippen MR) is 109 cm³/mol. The van der Waals surface area contributed by atoms with E-state index in [2.05, 4.69) is 10.6 Å². The maximum atomic E-state index is 13.2. The number of amides is 2. The SMILES string of the molecule is O=C(CN1CCC[C@H](C(=O)Nc2ccccc2)C1)Nc1c(Cl)cccc1C(F)(F)F. The topological polar surface area (TPSA) is 61.4 Å². The van der Waals surface area contributed by atoms with E-state index in [-0.39, 0.29) is 23.4 Å². The van der Waals surface area contributed by atoms with Crippen LogP contribution in [0.25, 0.3) is 0 Å². The molecule has 5 nitrogen and oxygen atoms in total. The van der Waals surface area contributed by atoms with Gasteiger partial charge in [0.25, 0.3) is 0 Å². The number of hydrogen-bond donors (Lipinski definition) is 2. The molecule has 9 heteroatoms. The Bertz CT molecular complexity index is 906. The molecule has 2 aromatic rings. The summed E-state index contributed by atoms with van der Waals surface area (Å²) in [6, 6.07) is 12.4. The van der Waals surface area contributed by atoms with Gasteiger partial charge in [0, 0.05) is 12.2 Å². The van der Waals surface area contributed by atoms with Crippen LogP contribution in [0.1, 0.15) is 18.4 Å². The molecule has 0 spiro atoms. The van der Waals surface area contributed by atoms with Gasteiger partial charge in [-0.25, -0.2) is 0 Å². The van der Waals surface area contributed by atoms with Crippen molar-refractivity contribution in [3.05, 3.63) is 59.1 Å². The fourth-order valence-corrected chi connectivity index (χ4v) is 3.67. The van der Waals surface area contributed by atoms with Gasteiger partial charge in [0.1, 0.15) is 0 Å². The van der Waals surface area contributed by atoms with Gasteiger partial charge in [-0.05, 0) is 43.7 Å². The number of para-hydroxylation sites is 2. The maximum absolute atomic E-state index is 13.2. The lowest BCUT2D eigenvalue weighted by molar-refractivity contribution is -0.137. The van der Waals surface area contributed by atoms with Gasteiger partial charge >= 0.3 is 6.18 Å². The number of anilines is 2. The molecule has 0 bridgehead atoms. The largest absolute Gasteiger partial charge is 0.418 e. The van der Waals surface area contributed by atoms with E-state index < -0.39 is 23.3 Å². The third-order valence-electron chi connectivity index (χ3n) is 4.87. The highest BCUT2D eigenvalue weighted by atomic mass is 35.5. The van der Waals surface area contributed by atoms with E-state index in [0.717, 1.165) is 6.07 Å². The van der Waals surface area contributed by atoms with E-state index in [0.29, 0.717) is 31.6 Å². The molecule has 1 fully saturated rings. The number of nitrogens with one attached hydrogen (secondary N) is 2. The summed E-state index contributed by atoms with van der Waals surface area (Å²) in [6.45, 7) is 0.801. The fraction of sp³-hybridized carbons (Fsp3) is 0.333. The van der Waals surface area contributed by atoms with Crippen LogP contribution in [0.3, 0.4) is 0 Å². The van der Waals surface area contributed by atoms with Crippen molar-refractivity contribution in [3.8, 4) is 0 Å². The average Bonchev–Trinajstić information content (AvgIpc) is 2.69. The van der Waals surface area contributed by atoms with E-state index in [4.69, 9.17) is 11.6 Å². The second-order valence-corrected chi connectivity index (χ2v) is 7.55. The van der Waals surface area contributed by atoms with E-state index >= 15 is 0 Å². The molecular formula is C21H21ClF3N3O2. The number of carbonyl (C=O) groups is 2. The number of rotatable bonds is 5. The molecule has 1 aliphatic rings. The quantitative estimate of drug-likeness (QED) is 0.713. The molecule has 0 unspecified atom stereocenters. The van der Waals surface area contributed by atoms with Gasteiger partial charge in [-0.15, -0.1) is 0 Å². The Balaban J connectivity index is 1.60. The summed E-state index contributed by atoms with van der Waals surface area (Å²) in [4.78, 5) is 26.7. The zero-order valence-corrected chi connectivity index (χ0v) is 16.8. The lowest BCUT2D eigenvalue weighted by Gasteiger charge is -2.31. The summed E-state index contributed by atoms with van der Waals surface area (Å²) in [6.07, 6.45) is -3.25. The zero-order chi connectivity index (χ0) is 21.7. The number of halogens is 4. The Morgan fingerprint density at radius 2 is 1.80 bits per heavy atom. The number of alkyl halides is 3. The molecule has 30 heavy (non-hydrogen) atoms. The highest BCUT2D eigenvalue weighted by Gasteiger charge is 2.35. The standard InChI is InChI=1S/C21H21ClF3N3O2/c22-17-10-4-9-16(21(23,24)25)19(17)27-18(29)13-28-11-5-6-14(12-28)20(30)26-15-7-2-1-3-8-15/h1-4,7-10,14H,5-6,11-13H2,(H,26,30)(H,27,29)/t14-/m0/s1. The molecule has 1 atom stereocenters. The molecular weight excluding hydrogens is 419 g/mol. The molecule has 1 saturated heterocycles. The number of hydrogen-bond acceptors (Lipinski definition) is 3. The van der Waals surface area contributed by atoms with E-state index in [1.54, 1.807) is 17.0 Å². The first kappa shape index (κ1) is 22.1. The van der Waals surface area contributed by atoms with Gasteiger partial charge in [-0.3, -0.25) is 14.5 Å². The van der Waals surface area contributed by atoms with Gasteiger partial charge < -0.3 is 10.6 Å². The van der Waals surface area contributed by atoms with Crippen molar-refractivity contribution in [2.24, 2.45) is 5.92 Å². The number of benzene rings is 2. The Morgan fingerprint density at radius 3 is 2.50 bits per heavy atom. The third kappa shape index (κ3) is 5.73. The normalized spacial score (nSPS) is 17.4. The van der Waals surface area contributed by atoms with Crippen LogP contribution in [0.4, 0.5) is 24.5 Å². The van der Waals surface area contributed by atoms with Crippen molar-refractivity contribution in [1.82, 2.24) is 4.90 Å². The average molecular weight is 440 g/mol. The minimum absolute atomic E-state index is 0.127. The summed E-state index contributed by atoms with van der Waals surface area (Å²) >= 11 is 5.88. The van der Waals surface area contributed by atoms with Gasteiger partial charge in [0.2, 0.25) is 11.8 Å². The smallest absolute Gasteiger partial charge is 0.326 e. The van der Waals surface area contributed by atoms with Crippen LogP contribution in [0.15, 0.2) is 48.5 Å². The van der Waals surface area contributed by atoms with Crippen LogP contribution in [0.2, 0.25) is 5.02 Å².